The van der Waals surface area contributed by atoms with Gasteiger partial charge in [0.2, 0.25) is 11.8 Å². The Bertz CT molecular complexity index is 541. The fraction of sp³-hybridized carbons (Fsp3) is 0.529. The quantitative estimate of drug-likeness (QED) is 0.840. The van der Waals surface area contributed by atoms with Gasteiger partial charge in [0.05, 0.1) is 5.92 Å². The van der Waals surface area contributed by atoms with E-state index in [-0.39, 0.29) is 17.7 Å². The average Bonchev–Trinajstić information content (AvgIpc) is 3.10. The molecule has 1 aromatic carbocycles. The minimum Gasteiger partial charge on any atom is -0.356 e. The van der Waals surface area contributed by atoms with Gasteiger partial charge in [0.1, 0.15) is 0 Å². The lowest BCUT2D eigenvalue weighted by Gasteiger charge is -2.16. The molecule has 1 aliphatic heterocycles. The van der Waals surface area contributed by atoms with Gasteiger partial charge in [0.25, 0.3) is 0 Å². The van der Waals surface area contributed by atoms with Crippen LogP contribution in [-0.2, 0) is 16.0 Å². The van der Waals surface area contributed by atoms with Gasteiger partial charge >= 0.3 is 0 Å². The maximum Gasteiger partial charge on any atom is 0.227 e. The Labute approximate surface area is 125 Å². The summed E-state index contributed by atoms with van der Waals surface area (Å²) in [6.45, 7) is 2.30. The minimum absolute atomic E-state index is 0.00891. The molecule has 2 aliphatic rings. The van der Waals surface area contributed by atoms with Crippen LogP contribution in [0.3, 0.4) is 0 Å². The average molecular weight is 286 g/mol. The smallest absolute Gasteiger partial charge is 0.227 e. The summed E-state index contributed by atoms with van der Waals surface area (Å²) in [6, 6.07) is 8.21. The first kappa shape index (κ1) is 14.1. The van der Waals surface area contributed by atoms with Crippen LogP contribution in [-0.4, -0.2) is 36.3 Å². The van der Waals surface area contributed by atoms with Crippen LogP contribution >= 0.6 is 0 Å². The highest BCUT2D eigenvalue weighted by Crippen LogP contribution is 2.32. The normalized spacial score (nSPS) is 20.7. The Morgan fingerprint density at radius 1 is 1.29 bits per heavy atom. The van der Waals surface area contributed by atoms with E-state index < -0.39 is 0 Å². The molecule has 112 valence electrons. The van der Waals surface area contributed by atoms with E-state index in [1.807, 2.05) is 17.0 Å². The van der Waals surface area contributed by atoms with Crippen molar-refractivity contribution < 1.29 is 9.59 Å². The molecule has 1 heterocycles. The monoisotopic (exact) mass is 286 g/mol. The van der Waals surface area contributed by atoms with Crippen LogP contribution in [0.2, 0.25) is 0 Å². The van der Waals surface area contributed by atoms with Crippen LogP contribution in [0, 0.1) is 0 Å². The highest BCUT2D eigenvalue weighted by molar-refractivity contribution is 5.84. The van der Waals surface area contributed by atoms with Crippen molar-refractivity contribution >= 4 is 11.8 Å². The number of amides is 2. The summed E-state index contributed by atoms with van der Waals surface area (Å²) in [5.74, 6) is 0.397. The first-order chi connectivity index (χ1) is 10.3. The molecule has 3 rings (SSSR count). The van der Waals surface area contributed by atoms with Crippen molar-refractivity contribution in [2.45, 2.75) is 38.0 Å². The lowest BCUT2D eigenvalue weighted by atomic mass is 10.0. The molecular formula is C17H22N2O2. The second-order valence-corrected chi connectivity index (χ2v) is 5.92. The Hall–Kier alpha value is -1.84. The predicted molar refractivity (Wildman–Crippen MR) is 80.9 cm³/mol. The zero-order chi connectivity index (χ0) is 14.7. The standard InChI is InChI=1S/C17H22N2O2/c20-16-7-3-11-19(16)12-4-10-18-17(21)15-9-8-13-5-1-2-6-14(13)15/h1-2,5-6,15H,3-4,7-12H2,(H,18,21). The Balaban J connectivity index is 1.44. The SMILES string of the molecule is O=C(NCCCN1CCCC1=O)C1CCc2ccccc21. The number of likely N-dealkylation sites (tertiary alicyclic amines) is 1. The zero-order valence-electron chi connectivity index (χ0n) is 12.3. The number of carbonyl (C=O) groups excluding carboxylic acids is 2. The Morgan fingerprint density at radius 2 is 2.14 bits per heavy atom. The van der Waals surface area contributed by atoms with Gasteiger partial charge in [0, 0.05) is 26.1 Å². The van der Waals surface area contributed by atoms with Crippen molar-refractivity contribution in [2.24, 2.45) is 0 Å². The van der Waals surface area contributed by atoms with Gasteiger partial charge in [-0.15, -0.1) is 0 Å². The Kier molecular flexibility index (Phi) is 4.23. The number of nitrogens with zero attached hydrogens (tertiary/aromatic N) is 1. The third-order valence-electron chi connectivity index (χ3n) is 4.52. The third-order valence-corrected chi connectivity index (χ3v) is 4.52. The van der Waals surface area contributed by atoms with Gasteiger partial charge in [-0.3, -0.25) is 9.59 Å². The van der Waals surface area contributed by atoms with E-state index in [0.717, 1.165) is 38.8 Å². The van der Waals surface area contributed by atoms with Crippen LogP contribution in [0.5, 0.6) is 0 Å². The van der Waals surface area contributed by atoms with Crippen molar-refractivity contribution in [1.82, 2.24) is 10.2 Å². The van der Waals surface area contributed by atoms with Crippen molar-refractivity contribution in [1.29, 1.82) is 0 Å². The number of aryl methyl sites for hydroxylation is 1. The Morgan fingerprint density at radius 3 is 2.95 bits per heavy atom. The number of rotatable bonds is 5. The van der Waals surface area contributed by atoms with Crippen molar-refractivity contribution in [3.8, 4) is 0 Å². The number of nitrogens with one attached hydrogen (secondary N) is 1. The van der Waals surface area contributed by atoms with E-state index in [4.69, 9.17) is 0 Å². The molecule has 2 amide bonds. The topological polar surface area (TPSA) is 49.4 Å². The number of hydrogen-bond acceptors (Lipinski definition) is 2. The van der Waals surface area contributed by atoms with Gasteiger partial charge < -0.3 is 10.2 Å². The first-order valence-electron chi connectivity index (χ1n) is 7.89. The summed E-state index contributed by atoms with van der Waals surface area (Å²) < 4.78 is 0. The lowest BCUT2D eigenvalue weighted by molar-refractivity contribution is -0.127. The lowest BCUT2D eigenvalue weighted by Crippen LogP contribution is -2.32. The van der Waals surface area contributed by atoms with E-state index in [9.17, 15) is 9.59 Å². The maximum atomic E-state index is 12.3. The molecule has 1 unspecified atom stereocenters. The number of benzene rings is 1. The van der Waals surface area contributed by atoms with Crippen molar-refractivity contribution in [3.63, 3.8) is 0 Å². The number of carbonyl (C=O) groups is 2. The number of hydrogen-bond donors (Lipinski definition) is 1. The van der Waals surface area contributed by atoms with Gasteiger partial charge in [-0.05, 0) is 36.8 Å². The molecular weight excluding hydrogens is 264 g/mol. The van der Waals surface area contributed by atoms with E-state index in [2.05, 4.69) is 17.4 Å². The molecule has 0 bridgehead atoms. The van der Waals surface area contributed by atoms with Crippen molar-refractivity contribution in [2.75, 3.05) is 19.6 Å². The molecule has 1 N–H and O–H groups in total. The van der Waals surface area contributed by atoms with E-state index in [0.29, 0.717) is 13.0 Å². The molecule has 0 radical (unpaired) electrons. The fourth-order valence-electron chi connectivity index (χ4n) is 3.37. The highest BCUT2D eigenvalue weighted by Gasteiger charge is 2.27. The van der Waals surface area contributed by atoms with E-state index >= 15 is 0 Å². The van der Waals surface area contributed by atoms with Gasteiger partial charge in [-0.2, -0.15) is 0 Å². The second kappa shape index (κ2) is 6.29. The molecule has 1 fully saturated rings. The van der Waals surface area contributed by atoms with Gasteiger partial charge in [0.15, 0.2) is 0 Å². The van der Waals surface area contributed by atoms with Crippen LogP contribution in [0.15, 0.2) is 24.3 Å². The van der Waals surface area contributed by atoms with Crippen LogP contribution in [0.25, 0.3) is 0 Å². The summed E-state index contributed by atoms with van der Waals surface area (Å²) in [6.07, 6.45) is 4.41. The molecule has 4 nitrogen and oxygen atoms in total. The molecule has 0 spiro atoms. The zero-order valence-corrected chi connectivity index (χ0v) is 12.3. The summed E-state index contributed by atoms with van der Waals surface area (Å²) in [7, 11) is 0. The summed E-state index contributed by atoms with van der Waals surface area (Å²) in [5, 5.41) is 3.03. The molecule has 1 aromatic rings. The van der Waals surface area contributed by atoms with Crippen LogP contribution < -0.4 is 5.32 Å². The maximum absolute atomic E-state index is 12.3. The molecule has 21 heavy (non-hydrogen) atoms. The fourth-order valence-corrected chi connectivity index (χ4v) is 3.37. The second-order valence-electron chi connectivity index (χ2n) is 5.92. The van der Waals surface area contributed by atoms with Gasteiger partial charge in [-0.25, -0.2) is 0 Å². The minimum atomic E-state index is 0.00891. The first-order valence-corrected chi connectivity index (χ1v) is 7.89. The predicted octanol–water partition coefficient (Wildman–Crippen LogP) is 1.85. The highest BCUT2D eigenvalue weighted by atomic mass is 16.2. The van der Waals surface area contributed by atoms with Crippen molar-refractivity contribution in [3.05, 3.63) is 35.4 Å². The molecule has 1 aliphatic carbocycles. The summed E-state index contributed by atoms with van der Waals surface area (Å²) >= 11 is 0. The summed E-state index contributed by atoms with van der Waals surface area (Å²) in [5.41, 5.74) is 2.49. The number of fused-ring (bicyclic) bond motifs is 1. The van der Waals surface area contributed by atoms with E-state index in [1.165, 1.54) is 11.1 Å². The molecule has 0 saturated carbocycles. The van der Waals surface area contributed by atoms with Crippen LogP contribution in [0.1, 0.15) is 42.7 Å². The molecule has 1 atom stereocenters. The third kappa shape index (κ3) is 3.09. The largest absolute Gasteiger partial charge is 0.356 e. The van der Waals surface area contributed by atoms with Crippen LogP contribution in [0.4, 0.5) is 0 Å². The molecule has 0 aromatic heterocycles. The molecule has 4 heteroatoms. The van der Waals surface area contributed by atoms with E-state index in [1.54, 1.807) is 0 Å². The molecule has 1 saturated heterocycles. The van der Waals surface area contributed by atoms with Gasteiger partial charge in [-0.1, -0.05) is 24.3 Å². The summed E-state index contributed by atoms with van der Waals surface area (Å²) in [4.78, 5) is 25.7.